The molecule has 0 radical (unpaired) electrons. The molecule has 2 N–H and O–H groups in total. The predicted molar refractivity (Wildman–Crippen MR) is 141 cm³/mol. The number of phenols is 1. The smallest absolute Gasteiger partial charge is 0.347 e. The molecule has 0 fully saturated rings. The van der Waals surface area contributed by atoms with Gasteiger partial charge in [0, 0.05) is 11.1 Å². The first-order valence-electron chi connectivity index (χ1n) is 12.1. The molecule has 0 spiro atoms. The summed E-state index contributed by atoms with van der Waals surface area (Å²) in [4.78, 5) is 25.8. The maximum atomic E-state index is 13.6. The number of benzene rings is 2. The van der Waals surface area contributed by atoms with Crippen molar-refractivity contribution in [3.8, 4) is 11.5 Å². The zero-order valence-electron chi connectivity index (χ0n) is 23.4. The van der Waals surface area contributed by atoms with Gasteiger partial charge in [0.1, 0.15) is 22.6 Å². The molecular weight excluding hydrogens is 440 g/mol. The average molecular weight is 483 g/mol. The predicted octanol–water partition coefficient (Wildman–Crippen LogP) is 7.50. The summed E-state index contributed by atoms with van der Waals surface area (Å²) >= 11 is 0. The summed E-state index contributed by atoms with van der Waals surface area (Å²) in [5.74, 6) is -2.08. The van der Waals surface area contributed by atoms with Gasteiger partial charge in [-0.05, 0) is 44.9 Å². The molecule has 0 amide bonds. The van der Waals surface area contributed by atoms with Crippen LogP contribution >= 0.6 is 0 Å². The quantitative estimate of drug-likeness (QED) is 0.349. The molecule has 0 atom stereocenters. The highest BCUT2D eigenvalue weighted by Gasteiger charge is 2.32. The lowest BCUT2D eigenvalue weighted by Crippen LogP contribution is -2.23. The molecule has 0 saturated carbocycles. The second-order valence-corrected chi connectivity index (χ2v) is 13.5. The van der Waals surface area contributed by atoms with E-state index in [2.05, 4.69) is 0 Å². The molecule has 2 rings (SSSR count). The molecule has 0 aromatic heterocycles. The van der Waals surface area contributed by atoms with Crippen LogP contribution in [0.4, 0.5) is 0 Å². The van der Waals surface area contributed by atoms with Crippen molar-refractivity contribution in [3.63, 3.8) is 0 Å². The summed E-state index contributed by atoms with van der Waals surface area (Å²) in [6, 6.07) is 7.06. The van der Waals surface area contributed by atoms with E-state index in [0.717, 1.165) is 11.1 Å². The van der Waals surface area contributed by atoms with Crippen LogP contribution < -0.4 is 4.74 Å². The minimum absolute atomic E-state index is 0.0147. The maximum absolute atomic E-state index is 13.6. The van der Waals surface area contributed by atoms with Gasteiger partial charge in [0.2, 0.25) is 0 Å². The van der Waals surface area contributed by atoms with Crippen LogP contribution in [0.5, 0.6) is 11.5 Å². The van der Waals surface area contributed by atoms with Crippen molar-refractivity contribution >= 4 is 11.9 Å². The first-order valence-corrected chi connectivity index (χ1v) is 12.1. The van der Waals surface area contributed by atoms with E-state index in [4.69, 9.17) is 4.74 Å². The van der Waals surface area contributed by atoms with Crippen LogP contribution in [-0.2, 0) is 21.7 Å². The van der Waals surface area contributed by atoms with E-state index in [1.54, 1.807) is 12.1 Å². The Labute approximate surface area is 210 Å². The van der Waals surface area contributed by atoms with E-state index < -0.39 is 22.8 Å². The van der Waals surface area contributed by atoms with E-state index in [-0.39, 0.29) is 33.5 Å². The van der Waals surface area contributed by atoms with Gasteiger partial charge < -0.3 is 14.9 Å². The van der Waals surface area contributed by atoms with Gasteiger partial charge in [-0.25, -0.2) is 9.59 Å². The molecule has 0 unspecified atom stereocenters. The highest BCUT2D eigenvalue weighted by molar-refractivity contribution is 5.98. The van der Waals surface area contributed by atoms with Crippen LogP contribution in [0.3, 0.4) is 0 Å². The number of hydrogen-bond acceptors (Lipinski definition) is 4. The van der Waals surface area contributed by atoms with E-state index in [9.17, 15) is 19.8 Å². The summed E-state index contributed by atoms with van der Waals surface area (Å²) in [6.45, 7) is 23.9. The third-order valence-corrected chi connectivity index (χ3v) is 6.19. The average Bonchev–Trinajstić information content (AvgIpc) is 2.64. The molecule has 5 nitrogen and oxygen atoms in total. The maximum Gasteiger partial charge on any atom is 0.347 e. The fourth-order valence-corrected chi connectivity index (χ4v) is 3.83. The summed E-state index contributed by atoms with van der Waals surface area (Å²) in [6.07, 6.45) is 0. The molecule has 0 aliphatic heterocycles. The van der Waals surface area contributed by atoms with Crippen molar-refractivity contribution in [1.82, 2.24) is 0 Å². The van der Waals surface area contributed by atoms with E-state index >= 15 is 0 Å². The molecule has 2 aromatic rings. The van der Waals surface area contributed by atoms with Gasteiger partial charge in [-0.1, -0.05) is 95.2 Å². The lowest BCUT2D eigenvalue weighted by Gasteiger charge is -2.29. The third-order valence-electron chi connectivity index (χ3n) is 6.19. The van der Waals surface area contributed by atoms with Crippen molar-refractivity contribution in [2.24, 2.45) is 0 Å². The number of carbonyl (C=O) groups excluding carboxylic acids is 1. The fraction of sp³-hybridized carbons (Fsp3) is 0.533. The van der Waals surface area contributed by atoms with Crippen molar-refractivity contribution in [2.75, 3.05) is 0 Å². The van der Waals surface area contributed by atoms with Crippen LogP contribution in [-0.4, -0.2) is 22.2 Å². The second-order valence-electron chi connectivity index (χ2n) is 13.5. The molecule has 0 heterocycles. The number of rotatable bonds is 3. The zero-order valence-corrected chi connectivity index (χ0v) is 23.4. The minimum Gasteiger partial charge on any atom is -0.507 e. The first-order chi connectivity index (χ1) is 15.5. The van der Waals surface area contributed by atoms with Crippen LogP contribution in [0.15, 0.2) is 24.3 Å². The number of hydrogen-bond donors (Lipinski definition) is 2. The topological polar surface area (TPSA) is 83.8 Å². The number of phenolic OH excluding ortho intramolecular Hbond substituents is 1. The normalized spacial score (nSPS) is 13.0. The molecule has 0 bridgehead atoms. The van der Waals surface area contributed by atoms with Crippen LogP contribution in [0.2, 0.25) is 0 Å². The van der Waals surface area contributed by atoms with Gasteiger partial charge in [-0.3, -0.25) is 0 Å². The number of carboxylic acids is 1. The Morgan fingerprint density at radius 2 is 1.03 bits per heavy atom. The molecular formula is C30H42O5. The lowest BCUT2D eigenvalue weighted by atomic mass is 9.78. The van der Waals surface area contributed by atoms with E-state index in [1.165, 1.54) is 0 Å². The Morgan fingerprint density at radius 3 is 1.40 bits per heavy atom. The van der Waals surface area contributed by atoms with E-state index in [1.807, 2.05) is 95.2 Å². The number of esters is 1. The van der Waals surface area contributed by atoms with Gasteiger partial charge >= 0.3 is 11.9 Å². The molecule has 35 heavy (non-hydrogen) atoms. The van der Waals surface area contributed by atoms with Crippen molar-refractivity contribution in [3.05, 3.63) is 57.6 Å². The summed E-state index contributed by atoms with van der Waals surface area (Å²) in [7, 11) is 0. The van der Waals surface area contributed by atoms with Gasteiger partial charge in [-0.15, -0.1) is 0 Å². The molecule has 192 valence electrons. The Balaban J connectivity index is 2.81. The van der Waals surface area contributed by atoms with E-state index in [0.29, 0.717) is 11.1 Å². The number of carbonyl (C=O) groups is 2. The van der Waals surface area contributed by atoms with Crippen molar-refractivity contribution in [2.45, 2.75) is 105 Å². The number of carboxylic acid groups (broad SMARTS) is 1. The molecule has 5 heteroatoms. The largest absolute Gasteiger partial charge is 0.507 e. The third kappa shape index (κ3) is 6.25. The number of aromatic carboxylic acids is 1. The number of ether oxygens (including phenoxy) is 1. The molecule has 2 aromatic carbocycles. The van der Waals surface area contributed by atoms with Gasteiger partial charge in [-0.2, -0.15) is 0 Å². The second kappa shape index (κ2) is 9.00. The zero-order chi connectivity index (χ0) is 27.3. The van der Waals surface area contributed by atoms with Crippen molar-refractivity contribution < 1.29 is 24.5 Å². The van der Waals surface area contributed by atoms with Crippen LogP contribution in [0.1, 0.15) is 126 Å². The lowest BCUT2D eigenvalue weighted by molar-refractivity contribution is 0.0679. The highest BCUT2D eigenvalue weighted by Crippen LogP contribution is 2.41. The minimum atomic E-state index is -1.17. The molecule has 0 aliphatic carbocycles. The summed E-state index contributed by atoms with van der Waals surface area (Å²) in [5.41, 5.74) is 1.44. The summed E-state index contributed by atoms with van der Waals surface area (Å²) in [5, 5.41) is 21.1. The van der Waals surface area contributed by atoms with Crippen molar-refractivity contribution in [1.29, 1.82) is 0 Å². The SMILES string of the molecule is CC(C)(C)c1cc(C(=O)Oc2c(C(=O)O)cc(C(C)(C)C)cc2C(C)(C)C)c(O)c(C(C)(C)C)c1. The standard InChI is InChI=1S/C30H42O5/c1-27(2,3)17-13-19(23(31)21(15-17)29(7,8)9)26(34)35-24-20(25(32)33)14-18(28(4,5)6)16-22(24)30(10,11)12/h13-16,31H,1-12H3,(H,32,33). The highest BCUT2D eigenvalue weighted by atomic mass is 16.5. The van der Waals surface area contributed by atoms with Gasteiger partial charge in [0.15, 0.2) is 0 Å². The Kier molecular flexibility index (Phi) is 7.31. The monoisotopic (exact) mass is 482 g/mol. The van der Waals surface area contributed by atoms with Gasteiger partial charge in [0.25, 0.3) is 0 Å². The van der Waals surface area contributed by atoms with Crippen LogP contribution in [0.25, 0.3) is 0 Å². The molecule has 0 aliphatic rings. The van der Waals surface area contributed by atoms with Gasteiger partial charge in [0.05, 0.1) is 0 Å². The Bertz CT molecular complexity index is 1140. The fourth-order valence-electron chi connectivity index (χ4n) is 3.83. The Morgan fingerprint density at radius 1 is 0.629 bits per heavy atom. The first kappa shape index (κ1) is 28.4. The Hall–Kier alpha value is -2.82. The number of aromatic hydroxyl groups is 1. The molecule has 0 saturated heterocycles. The summed E-state index contributed by atoms with van der Waals surface area (Å²) < 4.78 is 5.85. The van der Waals surface area contributed by atoms with Crippen LogP contribution in [0, 0.1) is 0 Å².